The molecule has 0 spiro atoms. The molecule has 3 heteroatoms. The second-order valence-corrected chi connectivity index (χ2v) is 7.34. The Labute approximate surface area is 87.0 Å². The van der Waals surface area contributed by atoms with Crippen LogP contribution in [-0.4, -0.2) is 7.42 Å². The highest BCUT2D eigenvalue weighted by Gasteiger charge is 2.00. The van der Waals surface area contributed by atoms with Gasteiger partial charge in [0.15, 0.2) is 0 Å². The summed E-state index contributed by atoms with van der Waals surface area (Å²) in [5.41, 5.74) is 0. The van der Waals surface area contributed by atoms with Gasteiger partial charge in [-0.25, -0.2) is 0 Å². The molecule has 0 amide bonds. The van der Waals surface area contributed by atoms with Gasteiger partial charge in [0.2, 0.25) is 0 Å². The Morgan fingerprint density at radius 3 is 2.33 bits per heavy atom. The van der Waals surface area contributed by atoms with Crippen LogP contribution in [0.5, 0.6) is 0 Å². The van der Waals surface area contributed by atoms with Gasteiger partial charge in [-0.15, -0.1) is 22.2 Å². The van der Waals surface area contributed by atoms with Gasteiger partial charge in [0.1, 0.15) is 0 Å². The van der Waals surface area contributed by atoms with Crippen molar-refractivity contribution >= 4 is 29.6 Å². The largest absolute Gasteiger partial charge is 0.273 e. The molecule has 0 rings (SSSR count). The van der Waals surface area contributed by atoms with Gasteiger partial charge < -0.3 is 0 Å². The number of rotatable bonds is 7. The molecule has 0 aliphatic heterocycles. The number of hydrogen-bond donors (Lipinski definition) is 0. The summed E-state index contributed by atoms with van der Waals surface area (Å²) in [5.74, 6) is 0. The molecular weight excluding hydrogens is 207 g/mol. The molecule has 0 aliphatic carbocycles. The quantitative estimate of drug-likeness (QED) is 0.259. The predicted molar refractivity (Wildman–Crippen MR) is 60.2 cm³/mol. The third kappa shape index (κ3) is 10.5. The molecule has 0 aromatic rings. The van der Waals surface area contributed by atoms with Crippen LogP contribution in [0.2, 0.25) is 6.04 Å². The Hall–Kier alpha value is 0.537. The average Bonchev–Trinajstić information content (AvgIpc) is 2.02. The van der Waals surface area contributed by atoms with E-state index in [1.165, 1.54) is 32.1 Å². The first-order chi connectivity index (χ1) is 5.77. The van der Waals surface area contributed by atoms with Crippen LogP contribution in [0.1, 0.15) is 39.0 Å². The monoisotopic (exact) mass is 223 g/mol. The summed E-state index contributed by atoms with van der Waals surface area (Å²) >= 11 is 11.4. The van der Waals surface area contributed by atoms with Gasteiger partial charge >= 0.3 is 0 Å². The molecule has 0 nitrogen and oxygen atoms in total. The Morgan fingerprint density at radius 1 is 1.08 bits per heavy atom. The maximum absolute atomic E-state index is 5.69. The summed E-state index contributed by atoms with van der Waals surface area (Å²) in [6, 6.07) is 1.02. The fourth-order valence-electron chi connectivity index (χ4n) is 0.923. The zero-order valence-corrected chi connectivity index (χ0v) is 10.2. The van der Waals surface area contributed by atoms with Gasteiger partial charge in [-0.05, 0) is 18.9 Å². The summed E-state index contributed by atoms with van der Waals surface area (Å²) in [5, 5.41) is 0. The van der Waals surface area contributed by atoms with E-state index in [2.05, 4.69) is 19.1 Å². The highest BCUT2D eigenvalue weighted by molar-refractivity contribution is 7.33. The maximum atomic E-state index is 5.69. The van der Waals surface area contributed by atoms with Crippen molar-refractivity contribution in [2.24, 2.45) is 0 Å². The minimum atomic E-state index is -1.01. The van der Waals surface area contributed by atoms with Crippen LogP contribution < -0.4 is 0 Å². The lowest BCUT2D eigenvalue weighted by Gasteiger charge is -1.95. The molecule has 12 heavy (non-hydrogen) atoms. The van der Waals surface area contributed by atoms with Crippen molar-refractivity contribution in [1.82, 2.24) is 0 Å². The van der Waals surface area contributed by atoms with E-state index >= 15 is 0 Å². The van der Waals surface area contributed by atoms with E-state index < -0.39 is 7.42 Å². The molecule has 71 valence electrons. The van der Waals surface area contributed by atoms with Crippen molar-refractivity contribution in [2.75, 3.05) is 0 Å². The summed E-state index contributed by atoms with van der Waals surface area (Å²) in [7, 11) is -1.01. The van der Waals surface area contributed by atoms with Crippen molar-refractivity contribution in [3.05, 3.63) is 12.2 Å². The van der Waals surface area contributed by atoms with Gasteiger partial charge in [0, 0.05) is 0 Å². The Bertz CT molecular complexity index is 113. The van der Waals surface area contributed by atoms with Crippen molar-refractivity contribution in [1.29, 1.82) is 0 Å². The van der Waals surface area contributed by atoms with Crippen molar-refractivity contribution < 1.29 is 0 Å². The first kappa shape index (κ1) is 12.5. The van der Waals surface area contributed by atoms with E-state index in [0.717, 1.165) is 6.04 Å². The third-order valence-corrected chi connectivity index (χ3v) is 3.47. The summed E-state index contributed by atoms with van der Waals surface area (Å²) in [6.07, 6.45) is 10.6. The van der Waals surface area contributed by atoms with Crippen LogP contribution in [-0.2, 0) is 0 Å². The van der Waals surface area contributed by atoms with Crippen LogP contribution in [0.4, 0.5) is 0 Å². The van der Waals surface area contributed by atoms with Gasteiger partial charge in [-0.3, -0.25) is 0 Å². The molecule has 0 heterocycles. The van der Waals surface area contributed by atoms with Gasteiger partial charge in [0.05, 0.1) is 0 Å². The van der Waals surface area contributed by atoms with Crippen LogP contribution in [0.25, 0.3) is 0 Å². The zero-order chi connectivity index (χ0) is 9.23. The molecule has 0 aromatic carbocycles. The number of allylic oxidation sites excluding steroid dienone is 2. The molecule has 0 saturated heterocycles. The second kappa shape index (κ2) is 9.62. The van der Waals surface area contributed by atoms with Gasteiger partial charge in [0.25, 0.3) is 7.42 Å². The van der Waals surface area contributed by atoms with E-state index in [9.17, 15) is 0 Å². The molecule has 0 unspecified atom stereocenters. The average molecular weight is 224 g/mol. The summed E-state index contributed by atoms with van der Waals surface area (Å²) < 4.78 is 0. The number of unbranched alkanes of at least 4 members (excludes halogenated alkanes) is 3. The molecule has 0 bridgehead atoms. The van der Waals surface area contributed by atoms with Crippen LogP contribution in [0.15, 0.2) is 12.2 Å². The summed E-state index contributed by atoms with van der Waals surface area (Å²) in [4.78, 5) is 0. The van der Waals surface area contributed by atoms with Crippen LogP contribution in [0.3, 0.4) is 0 Å². The third-order valence-electron chi connectivity index (χ3n) is 1.61. The highest BCUT2D eigenvalue weighted by atomic mass is 35.7. The normalized spacial score (nSPS) is 11.7. The van der Waals surface area contributed by atoms with Crippen molar-refractivity contribution in [3.63, 3.8) is 0 Å². The smallest absolute Gasteiger partial charge is 0.147 e. The molecule has 1 radical (unpaired) electrons. The highest BCUT2D eigenvalue weighted by Crippen LogP contribution is 2.10. The predicted octanol–water partition coefficient (Wildman–Crippen LogP) is 4.48. The van der Waals surface area contributed by atoms with E-state index in [4.69, 9.17) is 22.2 Å². The van der Waals surface area contributed by atoms with E-state index in [1.54, 1.807) is 0 Å². The number of halogens is 2. The van der Waals surface area contributed by atoms with Crippen LogP contribution >= 0.6 is 22.2 Å². The Kier molecular flexibility index (Phi) is 10.1. The lowest BCUT2D eigenvalue weighted by atomic mass is 10.2. The Morgan fingerprint density at radius 2 is 1.75 bits per heavy atom. The SMILES string of the molecule is CCCC=CCCCC[Si](Cl)Cl. The lowest BCUT2D eigenvalue weighted by Crippen LogP contribution is -1.90. The molecule has 0 saturated carbocycles. The standard InChI is InChI=1S/C9H17Cl2Si/c1-2-3-4-5-6-7-8-9-12(10)11/h4-5H,2-3,6-9H2,1H3. The Balaban J connectivity index is 3.00. The van der Waals surface area contributed by atoms with Crippen molar-refractivity contribution in [2.45, 2.75) is 45.1 Å². The molecule has 0 fully saturated rings. The molecule has 0 aliphatic rings. The molecule has 0 N–H and O–H groups in total. The zero-order valence-electron chi connectivity index (χ0n) is 7.65. The lowest BCUT2D eigenvalue weighted by molar-refractivity contribution is 0.807. The minimum Gasteiger partial charge on any atom is -0.147 e. The fraction of sp³-hybridized carbons (Fsp3) is 0.778. The number of hydrogen-bond acceptors (Lipinski definition) is 0. The van der Waals surface area contributed by atoms with Gasteiger partial charge in [-0.2, -0.15) is 0 Å². The molecule has 0 aromatic heterocycles. The van der Waals surface area contributed by atoms with E-state index in [0.29, 0.717) is 0 Å². The topological polar surface area (TPSA) is 0 Å². The van der Waals surface area contributed by atoms with Crippen molar-refractivity contribution in [3.8, 4) is 0 Å². The first-order valence-corrected chi connectivity index (χ1v) is 8.32. The van der Waals surface area contributed by atoms with Crippen LogP contribution in [0, 0.1) is 0 Å². The summed E-state index contributed by atoms with van der Waals surface area (Å²) in [6.45, 7) is 2.19. The molecule has 0 atom stereocenters. The fourth-order valence-corrected chi connectivity index (χ4v) is 2.24. The van der Waals surface area contributed by atoms with E-state index in [1.807, 2.05) is 0 Å². The first-order valence-electron chi connectivity index (χ1n) is 4.59. The minimum absolute atomic E-state index is 1.01. The molecular formula is C9H17Cl2Si. The maximum Gasteiger partial charge on any atom is 0.273 e. The second-order valence-electron chi connectivity index (χ2n) is 2.84. The van der Waals surface area contributed by atoms with Gasteiger partial charge in [-0.1, -0.05) is 38.3 Å². The van der Waals surface area contributed by atoms with E-state index in [-0.39, 0.29) is 0 Å².